The Bertz CT molecular complexity index is 785. The van der Waals surface area contributed by atoms with Crippen molar-refractivity contribution < 1.29 is 0 Å². The maximum absolute atomic E-state index is 5.00. The molecule has 0 radical (unpaired) electrons. The van der Waals surface area contributed by atoms with Crippen LogP contribution < -0.4 is 14.7 Å². The van der Waals surface area contributed by atoms with Gasteiger partial charge in [0.2, 0.25) is 11.9 Å². The van der Waals surface area contributed by atoms with Gasteiger partial charge in [0.05, 0.1) is 5.39 Å². The second kappa shape index (κ2) is 7.44. The predicted molar refractivity (Wildman–Crippen MR) is 109 cm³/mol. The van der Waals surface area contributed by atoms with Crippen molar-refractivity contribution in [3.63, 3.8) is 0 Å². The van der Waals surface area contributed by atoms with E-state index in [0.717, 1.165) is 68.0 Å². The summed E-state index contributed by atoms with van der Waals surface area (Å²) < 4.78 is 0. The zero-order valence-electron chi connectivity index (χ0n) is 16.1. The summed E-state index contributed by atoms with van der Waals surface area (Å²) in [5, 5.41) is 0.999. The van der Waals surface area contributed by atoms with Crippen molar-refractivity contribution in [2.45, 2.75) is 51.4 Å². The third-order valence-corrected chi connectivity index (χ3v) is 6.09. The fraction of sp³-hybridized carbons (Fsp3) is 0.700. The topological polar surface area (TPSA) is 61.3 Å². The van der Waals surface area contributed by atoms with Gasteiger partial charge in [-0.15, -0.1) is 0 Å². The lowest BCUT2D eigenvalue weighted by molar-refractivity contribution is 0.567. The molecule has 27 heavy (non-hydrogen) atoms. The van der Waals surface area contributed by atoms with Gasteiger partial charge in [0, 0.05) is 45.5 Å². The summed E-state index contributed by atoms with van der Waals surface area (Å²) in [4.78, 5) is 26.5. The molecule has 0 spiro atoms. The van der Waals surface area contributed by atoms with Gasteiger partial charge >= 0.3 is 0 Å². The normalized spacial score (nSPS) is 21.3. The highest BCUT2D eigenvalue weighted by Crippen LogP contribution is 2.30. The summed E-state index contributed by atoms with van der Waals surface area (Å²) in [7, 11) is 0. The van der Waals surface area contributed by atoms with Crippen molar-refractivity contribution in [1.29, 1.82) is 0 Å². The third kappa shape index (κ3) is 3.39. The first-order valence-corrected chi connectivity index (χ1v) is 10.7. The molecule has 0 N–H and O–H groups in total. The molecule has 5 heterocycles. The van der Waals surface area contributed by atoms with Crippen molar-refractivity contribution in [3.8, 4) is 0 Å². The van der Waals surface area contributed by atoms with Crippen molar-refractivity contribution in [3.05, 3.63) is 6.20 Å². The number of piperidine rings is 2. The van der Waals surface area contributed by atoms with Gasteiger partial charge in [-0.3, -0.25) is 0 Å². The molecule has 2 aromatic heterocycles. The number of rotatable bonds is 3. The molecule has 0 aliphatic carbocycles. The highest BCUT2D eigenvalue weighted by Gasteiger charge is 2.23. The Labute approximate surface area is 160 Å². The molecule has 3 fully saturated rings. The molecule has 7 nitrogen and oxygen atoms in total. The summed E-state index contributed by atoms with van der Waals surface area (Å²) >= 11 is 0. The summed E-state index contributed by atoms with van der Waals surface area (Å²) in [6.45, 7) is 6.34. The Balaban J connectivity index is 1.57. The first kappa shape index (κ1) is 17.0. The van der Waals surface area contributed by atoms with Crippen LogP contribution in [0.5, 0.6) is 0 Å². The highest BCUT2D eigenvalue weighted by atomic mass is 15.3. The standard InChI is InChI=1S/C20H29N7/c1-3-11-26(12-4-1)19-21-15-16-17(22-19)23-20(27-13-5-2-6-14-27)24-18(16)25-9-7-8-10-25/h15H,1-14H2. The molecule has 0 bridgehead atoms. The van der Waals surface area contributed by atoms with E-state index < -0.39 is 0 Å². The van der Waals surface area contributed by atoms with Crippen LogP contribution in [0.2, 0.25) is 0 Å². The SMILES string of the molecule is c1nc(N2CCCCC2)nc2nc(N3CCCCC3)nc(N3CCCC3)c12. The van der Waals surface area contributed by atoms with E-state index in [9.17, 15) is 0 Å². The maximum Gasteiger partial charge on any atom is 0.229 e. The van der Waals surface area contributed by atoms with Crippen LogP contribution in [0.1, 0.15) is 51.4 Å². The molecule has 3 saturated heterocycles. The lowest BCUT2D eigenvalue weighted by atomic mass is 10.1. The highest BCUT2D eigenvalue weighted by molar-refractivity contribution is 5.88. The zero-order chi connectivity index (χ0) is 18.1. The molecule has 0 aromatic carbocycles. The van der Waals surface area contributed by atoms with Crippen molar-refractivity contribution in [1.82, 2.24) is 19.9 Å². The fourth-order valence-corrected chi connectivity index (χ4v) is 4.53. The Morgan fingerprint density at radius 3 is 1.74 bits per heavy atom. The van der Waals surface area contributed by atoms with Gasteiger partial charge in [-0.1, -0.05) is 0 Å². The molecule has 3 aliphatic heterocycles. The number of fused-ring (bicyclic) bond motifs is 1. The smallest absolute Gasteiger partial charge is 0.229 e. The summed E-state index contributed by atoms with van der Waals surface area (Å²) in [5.41, 5.74) is 0.808. The van der Waals surface area contributed by atoms with E-state index in [1.807, 2.05) is 6.20 Å². The largest absolute Gasteiger partial charge is 0.356 e. The lowest BCUT2D eigenvalue weighted by Crippen LogP contribution is -2.32. The van der Waals surface area contributed by atoms with E-state index in [0.29, 0.717) is 0 Å². The van der Waals surface area contributed by atoms with E-state index in [4.69, 9.17) is 19.9 Å². The molecule has 3 aliphatic rings. The average Bonchev–Trinajstić information content (AvgIpc) is 3.28. The monoisotopic (exact) mass is 367 g/mol. The van der Waals surface area contributed by atoms with Crippen molar-refractivity contribution in [2.75, 3.05) is 54.0 Å². The fourth-order valence-electron chi connectivity index (χ4n) is 4.53. The third-order valence-electron chi connectivity index (χ3n) is 6.09. The van der Waals surface area contributed by atoms with E-state index in [1.54, 1.807) is 0 Å². The quantitative estimate of drug-likeness (QED) is 0.826. The Morgan fingerprint density at radius 1 is 0.556 bits per heavy atom. The second-order valence-corrected chi connectivity index (χ2v) is 8.04. The minimum atomic E-state index is 0.808. The molecule has 0 atom stereocenters. The Hall–Kier alpha value is -2.18. The average molecular weight is 368 g/mol. The lowest BCUT2D eigenvalue weighted by Gasteiger charge is -2.29. The van der Waals surface area contributed by atoms with Crippen LogP contribution in [0.25, 0.3) is 11.0 Å². The number of anilines is 3. The van der Waals surface area contributed by atoms with Crippen LogP contribution in [0.3, 0.4) is 0 Å². The van der Waals surface area contributed by atoms with Gasteiger partial charge in [-0.25, -0.2) is 4.98 Å². The molecular formula is C20H29N7. The van der Waals surface area contributed by atoms with Gasteiger partial charge in [0.1, 0.15) is 5.82 Å². The molecule has 0 amide bonds. The van der Waals surface area contributed by atoms with E-state index in [2.05, 4.69) is 14.7 Å². The first-order chi connectivity index (χ1) is 13.4. The second-order valence-electron chi connectivity index (χ2n) is 8.04. The minimum absolute atomic E-state index is 0.808. The Kier molecular flexibility index (Phi) is 4.67. The summed E-state index contributed by atoms with van der Waals surface area (Å²) in [6, 6.07) is 0. The summed E-state index contributed by atoms with van der Waals surface area (Å²) in [6.07, 6.45) is 11.9. The number of hydrogen-bond acceptors (Lipinski definition) is 7. The maximum atomic E-state index is 5.00. The number of nitrogens with zero attached hydrogens (tertiary/aromatic N) is 7. The zero-order valence-corrected chi connectivity index (χ0v) is 16.1. The number of hydrogen-bond donors (Lipinski definition) is 0. The molecule has 5 rings (SSSR count). The van der Waals surface area contributed by atoms with Crippen LogP contribution >= 0.6 is 0 Å². The van der Waals surface area contributed by atoms with Crippen LogP contribution in [-0.4, -0.2) is 59.2 Å². The van der Waals surface area contributed by atoms with Crippen LogP contribution in [0.15, 0.2) is 6.20 Å². The van der Waals surface area contributed by atoms with Gasteiger partial charge in [0.15, 0.2) is 5.65 Å². The van der Waals surface area contributed by atoms with Crippen molar-refractivity contribution in [2.24, 2.45) is 0 Å². The van der Waals surface area contributed by atoms with Gasteiger partial charge in [-0.2, -0.15) is 15.0 Å². The Morgan fingerprint density at radius 2 is 1.07 bits per heavy atom. The molecule has 7 heteroatoms. The van der Waals surface area contributed by atoms with Crippen molar-refractivity contribution >= 4 is 28.7 Å². The van der Waals surface area contributed by atoms with Gasteiger partial charge < -0.3 is 14.7 Å². The van der Waals surface area contributed by atoms with Crippen LogP contribution in [0, 0.1) is 0 Å². The van der Waals surface area contributed by atoms with Gasteiger partial charge in [-0.05, 0) is 51.4 Å². The summed E-state index contributed by atoms with van der Waals surface area (Å²) in [5.74, 6) is 2.72. The van der Waals surface area contributed by atoms with Crippen LogP contribution in [0.4, 0.5) is 17.7 Å². The van der Waals surface area contributed by atoms with E-state index >= 15 is 0 Å². The first-order valence-electron chi connectivity index (χ1n) is 10.7. The molecule has 144 valence electrons. The molecule has 0 saturated carbocycles. The van der Waals surface area contributed by atoms with E-state index in [-0.39, 0.29) is 0 Å². The van der Waals surface area contributed by atoms with E-state index in [1.165, 1.54) is 51.4 Å². The van der Waals surface area contributed by atoms with Gasteiger partial charge in [0.25, 0.3) is 0 Å². The minimum Gasteiger partial charge on any atom is -0.356 e. The van der Waals surface area contributed by atoms with Crippen LogP contribution in [-0.2, 0) is 0 Å². The predicted octanol–water partition coefficient (Wildman–Crippen LogP) is 3.00. The molecular weight excluding hydrogens is 338 g/mol. The molecule has 0 unspecified atom stereocenters. The number of aromatic nitrogens is 4. The molecule has 2 aromatic rings.